The van der Waals surface area contributed by atoms with Crippen molar-refractivity contribution in [1.82, 2.24) is 9.97 Å². The van der Waals surface area contributed by atoms with E-state index in [2.05, 4.69) is 27.5 Å². The molecule has 1 aromatic heterocycles. The summed E-state index contributed by atoms with van der Waals surface area (Å²) in [5.41, 5.74) is 2.00. The van der Waals surface area contributed by atoms with Gasteiger partial charge in [-0.2, -0.15) is 4.98 Å². The smallest absolute Gasteiger partial charge is 0.224 e. The van der Waals surface area contributed by atoms with Crippen molar-refractivity contribution in [1.29, 1.82) is 0 Å². The van der Waals surface area contributed by atoms with Crippen molar-refractivity contribution in [2.24, 2.45) is 0 Å². The molecule has 0 radical (unpaired) electrons. The van der Waals surface area contributed by atoms with Crippen LogP contribution in [0.2, 0.25) is 0 Å². The van der Waals surface area contributed by atoms with Crippen LogP contribution < -0.4 is 10.6 Å². The Kier molecular flexibility index (Phi) is 3.72. The van der Waals surface area contributed by atoms with E-state index in [1.54, 1.807) is 7.05 Å². The molecule has 94 valence electrons. The molecule has 5 heteroatoms. The molecule has 0 atom stereocenters. The number of aromatic nitrogens is 2. The summed E-state index contributed by atoms with van der Waals surface area (Å²) in [6, 6.07) is 7.81. The van der Waals surface area contributed by atoms with Crippen molar-refractivity contribution in [3.63, 3.8) is 0 Å². The van der Waals surface area contributed by atoms with E-state index in [0.29, 0.717) is 5.95 Å². The highest BCUT2D eigenvalue weighted by atomic mass is 19.1. The van der Waals surface area contributed by atoms with Gasteiger partial charge in [-0.1, -0.05) is 19.1 Å². The fraction of sp³-hybridized carbons (Fsp3) is 0.231. The van der Waals surface area contributed by atoms with Gasteiger partial charge in [0.2, 0.25) is 5.95 Å². The summed E-state index contributed by atoms with van der Waals surface area (Å²) in [5.74, 6) is 0.0732. The zero-order chi connectivity index (χ0) is 13.0. The molecule has 0 aliphatic rings. The maximum atomic E-state index is 13.6. The van der Waals surface area contributed by atoms with Crippen LogP contribution in [0.5, 0.6) is 0 Å². The number of aryl methyl sites for hydroxylation is 1. The van der Waals surface area contributed by atoms with Crippen LogP contribution in [0.3, 0.4) is 0 Å². The first-order valence-electron chi connectivity index (χ1n) is 5.79. The molecule has 18 heavy (non-hydrogen) atoms. The third kappa shape index (κ3) is 2.74. The molecule has 4 nitrogen and oxygen atoms in total. The molecule has 2 rings (SSSR count). The highest BCUT2D eigenvalue weighted by Crippen LogP contribution is 2.19. The predicted molar refractivity (Wildman–Crippen MR) is 70.6 cm³/mol. The topological polar surface area (TPSA) is 49.8 Å². The lowest BCUT2D eigenvalue weighted by Crippen LogP contribution is -2.03. The van der Waals surface area contributed by atoms with Crippen LogP contribution in [0.1, 0.15) is 12.5 Å². The van der Waals surface area contributed by atoms with E-state index >= 15 is 0 Å². The van der Waals surface area contributed by atoms with Crippen molar-refractivity contribution < 1.29 is 4.39 Å². The van der Waals surface area contributed by atoms with Gasteiger partial charge in [0.25, 0.3) is 0 Å². The molecule has 0 amide bonds. The molecule has 2 N–H and O–H groups in total. The van der Waals surface area contributed by atoms with Crippen molar-refractivity contribution in [2.45, 2.75) is 13.3 Å². The van der Waals surface area contributed by atoms with Gasteiger partial charge in [0, 0.05) is 12.7 Å². The molecule has 2 aromatic rings. The summed E-state index contributed by atoms with van der Waals surface area (Å²) in [4.78, 5) is 7.83. The Labute approximate surface area is 105 Å². The van der Waals surface area contributed by atoms with Crippen LogP contribution in [0, 0.1) is 5.82 Å². The normalized spacial score (nSPS) is 10.2. The molecular weight excluding hydrogens is 231 g/mol. The first-order chi connectivity index (χ1) is 8.72. The lowest BCUT2D eigenvalue weighted by atomic mass is 10.1. The largest absolute Gasteiger partial charge is 0.357 e. The highest BCUT2D eigenvalue weighted by Gasteiger charge is 2.06. The van der Waals surface area contributed by atoms with Gasteiger partial charge in [-0.15, -0.1) is 0 Å². The molecule has 0 aliphatic heterocycles. The quantitative estimate of drug-likeness (QED) is 0.870. The van der Waals surface area contributed by atoms with Gasteiger partial charge in [0.05, 0.1) is 6.20 Å². The van der Waals surface area contributed by atoms with Gasteiger partial charge in [0.1, 0.15) is 0 Å². The van der Waals surface area contributed by atoms with Gasteiger partial charge in [0.15, 0.2) is 11.6 Å². The van der Waals surface area contributed by atoms with E-state index in [1.807, 2.05) is 24.3 Å². The minimum atomic E-state index is -0.476. The number of halogens is 1. The zero-order valence-electron chi connectivity index (χ0n) is 10.4. The van der Waals surface area contributed by atoms with Crippen LogP contribution >= 0.6 is 0 Å². The van der Waals surface area contributed by atoms with Crippen molar-refractivity contribution in [2.75, 3.05) is 17.7 Å². The van der Waals surface area contributed by atoms with Crippen molar-refractivity contribution in [3.05, 3.63) is 41.8 Å². The molecule has 0 unspecified atom stereocenters. The minimum absolute atomic E-state index is 0.169. The summed E-state index contributed by atoms with van der Waals surface area (Å²) < 4.78 is 13.6. The Morgan fingerprint density at radius 1 is 1.33 bits per heavy atom. The molecule has 0 fully saturated rings. The minimum Gasteiger partial charge on any atom is -0.357 e. The average molecular weight is 246 g/mol. The van der Waals surface area contributed by atoms with E-state index in [1.165, 1.54) is 5.56 Å². The van der Waals surface area contributed by atoms with Crippen molar-refractivity contribution >= 4 is 17.5 Å². The molecule has 0 bridgehead atoms. The Morgan fingerprint density at radius 3 is 2.89 bits per heavy atom. The molecule has 1 aromatic carbocycles. The Morgan fingerprint density at radius 2 is 2.17 bits per heavy atom. The highest BCUT2D eigenvalue weighted by molar-refractivity contribution is 5.58. The molecule has 0 aliphatic carbocycles. The summed E-state index contributed by atoms with van der Waals surface area (Å²) >= 11 is 0. The van der Waals surface area contributed by atoms with Gasteiger partial charge in [-0.3, -0.25) is 0 Å². The summed E-state index contributed by atoms with van der Waals surface area (Å²) in [5, 5.41) is 5.73. The summed E-state index contributed by atoms with van der Waals surface area (Å²) in [6.07, 6.45) is 2.08. The fourth-order valence-corrected chi connectivity index (χ4v) is 1.58. The van der Waals surface area contributed by atoms with E-state index in [0.717, 1.165) is 18.3 Å². The van der Waals surface area contributed by atoms with E-state index in [4.69, 9.17) is 0 Å². The number of nitrogens with zero attached hydrogens (tertiary/aromatic N) is 2. The second-order valence-electron chi connectivity index (χ2n) is 3.82. The molecular formula is C13H15FN4. The Hall–Kier alpha value is -2.17. The summed E-state index contributed by atoms with van der Waals surface area (Å²) in [6.45, 7) is 2.07. The first-order valence-corrected chi connectivity index (χ1v) is 5.79. The van der Waals surface area contributed by atoms with Gasteiger partial charge >= 0.3 is 0 Å². The third-order valence-electron chi connectivity index (χ3n) is 2.57. The van der Waals surface area contributed by atoms with Crippen LogP contribution in [0.15, 0.2) is 30.5 Å². The maximum absolute atomic E-state index is 13.6. The number of benzene rings is 1. The average Bonchev–Trinajstić information content (AvgIpc) is 2.41. The van der Waals surface area contributed by atoms with E-state index in [-0.39, 0.29) is 5.82 Å². The number of nitrogens with one attached hydrogen (secondary N) is 2. The van der Waals surface area contributed by atoms with Gasteiger partial charge in [-0.25, -0.2) is 9.37 Å². The van der Waals surface area contributed by atoms with Crippen LogP contribution in [0.4, 0.5) is 21.8 Å². The number of hydrogen-bond acceptors (Lipinski definition) is 4. The van der Waals surface area contributed by atoms with Crippen molar-refractivity contribution in [3.8, 4) is 0 Å². The van der Waals surface area contributed by atoms with Gasteiger partial charge < -0.3 is 10.6 Å². The zero-order valence-corrected chi connectivity index (χ0v) is 10.4. The fourth-order valence-electron chi connectivity index (χ4n) is 1.58. The van der Waals surface area contributed by atoms with E-state index < -0.39 is 5.82 Å². The SMILES string of the molecule is CCc1cccc(Nc2nc(NC)ncc2F)c1. The number of hydrogen-bond donors (Lipinski definition) is 2. The molecule has 0 saturated heterocycles. The van der Waals surface area contributed by atoms with Crippen LogP contribution in [-0.4, -0.2) is 17.0 Å². The summed E-state index contributed by atoms with van der Waals surface area (Å²) in [7, 11) is 1.69. The standard InChI is InChI=1S/C13H15FN4/c1-3-9-5-4-6-10(7-9)17-12-11(14)8-16-13(15-2)18-12/h4-8H,3H2,1-2H3,(H2,15,16,17,18). The second-order valence-corrected chi connectivity index (χ2v) is 3.82. The first kappa shape index (κ1) is 12.3. The predicted octanol–water partition coefficient (Wildman–Crippen LogP) is 2.96. The Balaban J connectivity index is 2.27. The number of rotatable bonds is 4. The Bertz CT molecular complexity index is 542. The maximum Gasteiger partial charge on any atom is 0.224 e. The monoisotopic (exact) mass is 246 g/mol. The lowest BCUT2D eigenvalue weighted by molar-refractivity contribution is 0.619. The van der Waals surface area contributed by atoms with E-state index in [9.17, 15) is 4.39 Å². The molecule has 0 spiro atoms. The second kappa shape index (κ2) is 5.44. The van der Waals surface area contributed by atoms with Gasteiger partial charge in [-0.05, 0) is 24.1 Å². The lowest BCUT2D eigenvalue weighted by Gasteiger charge is -2.08. The molecule has 1 heterocycles. The third-order valence-corrected chi connectivity index (χ3v) is 2.57. The van der Waals surface area contributed by atoms with Crippen LogP contribution in [-0.2, 0) is 6.42 Å². The van der Waals surface area contributed by atoms with Crippen LogP contribution in [0.25, 0.3) is 0 Å². The molecule has 0 saturated carbocycles. The number of anilines is 3.